The summed E-state index contributed by atoms with van der Waals surface area (Å²) in [4.78, 5) is 2.29. The van der Waals surface area contributed by atoms with Crippen LogP contribution in [0, 0.1) is 11.8 Å². The first-order valence-electron chi connectivity index (χ1n) is 7.10. The van der Waals surface area contributed by atoms with Crippen molar-refractivity contribution in [1.82, 2.24) is 4.90 Å². The molecule has 1 unspecified atom stereocenters. The van der Waals surface area contributed by atoms with Gasteiger partial charge in [0.2, 0.25) is 0 Å². The lowest BCUT2D eigenvalue weighted by Crippen LogP contribution is -2.35. The number of aliphatic hydroxyl groups is 1. The highest BCUT2D eigenvalue weighted by molar-refractivity contribution is 5.39. The smallest absolute Gasteiger partial charge is 0.120 e. The molecule has 4 heteroatoms. The lowest BCUT2D eigenvalue weighted by atomic mass is 10.2. The van der Waals surface area contributed by atoms with Gasteiger partial charge in [0.25, 0.3) is 0 Å². The summed E-state index contributed by atoms with van der Waals surface area (Å²) in [7, 11) is 0. The van der Waals surface area contributed by atoms with Gasteiger partial charge >= 0.3 is 0 Å². The van der Waals surface area contributed by atoms with E-state index in [4.69, 9.17) is 10.5 Å². The molecular weight excluding hydrogens is 252 g/mol. The number of nitrogens with zero attached hydrogens (tertiary/aromatic N) is 1. The minimum absolute atomic E-state index is 0.240. The van der Waals surface area contributed by atoms with Gasteiger partial charge in [-0.3, -0.25) is 4.90 Å². The lowest BCUT2D eigenvalue weighted by Gasteiger charge is -2.22. The zero-order valence-electron chi connectivity index (χ0n) is 11.7. The second kappa shape index (κ2) is 7.91. The fourth-order valence-electron chi connectivity index (χ4n) is 2.49. The number of likely N-dealkylation sites (tertiary alicyclic amines) is 1. The van der Waals surface area contributed by atoms with E-state index in [0.717, 1.165) is 37.2 Å². The van der Waals surface area contributed by atoms with Crippen molar-refractivity contribution in [2.45, 2.75) is 18.9 Å². The van der Waals surface area contributed by atoms with Crippen LogP contribution in [0.1, 0.15) is 18.4 Å². The molecule has 1 aliphatic rings. The van der Waals surface area contributed by atoms with Gasteiger partial charge in [-0.25, -0.2) is 0 Å². The van der Waals surface area contributed by atoms with Crippen LogP contribution in [0.25, 0.3) is 0 Å². The summed E-state index contributed by atoms with van der Waals surface area (Å²) >= 11 is 0. The molecule has 2 rings (SSSR count). The van der Waals surface area contributed by atoms with Crippen LogP contribution < -0.4 is 10.5 Å². The normalized spacial score (nSPS) is 18.6. The number of hydrogen-bond donors (Lipinski definition) is 2. The van der Waals surface area contributed by atoms with Crippen LogP contribution in [-0.4, -0.2) is 48.9 Å². The molecule has 0 spiro atoms. The first-order chi connectivity index (χ1) is 9.83. The van der Waals surface area contributed by atoms with Crippen molar-refractivity contribution >= 4 is 0 Å². The second-order valence-corrected chi connectivity index (χ2v) is 4.90. The third-order valence-electron chi connectivity index (χ3n) is 3.53. The standard InChI is InChI=1S/C16H22N2O2/c17-8-2-5-14-4-1-7-16(12-14)20-11-10-18-9-3-6-15(18)13-19/h1,4,7,12,15,19H,3,6,8-11,13,17H2. The van der Waals surface area contributed by atoms with Crippen molar-refractivity contribution in [2.24, 2.45) is 5.73 Å². The third-order valence-corrected chi connectivity index (χ3v) is 3.53. The van der Waals surface area contributed by atoms with Crippen molar-refractivity contribution in [3.63, 3.8) is 0 Å². The fraction of sp³-hybridized carbons (Fsp3) is 0.500. The number of rotatable bonds is 5. The summed E-state index contributed by atoms with van der Waals surface area (Å²) in [6, 6.07) is 8.04. The summed E-state index contributed by atoms with van der Waals surface area (Å²) in [6.07, 6.45) is 2.25. The molecule has 0 saturated carbocycles. The predicted molar refractivity (Wildman–Crippen MR) is 79.6 cm³/mol. The van der Waals surface area contributed by atoms with E-state index < -0.39 is 0 Å². The molecule has 0 radical (unpaired) electrons. The van der Waals surface area contributed by atoms with Crippen molar-refractivity contribution in [1.29, 1.82) is 0 Å². The maximum atomic E-state index is 9.26. The van der Waals surface area contributed by atoms with Crippen LogP contribution in [0.2, 0.25) is 0 Å². The van der Waals surface area contributed by atoms with Gasteiger partial charge in [-0.15, -0.1) is 0 Å². The van der Waals surface area contributed by atoms with Gasteiger partial charge in [-0.2, -0.15) is 0 Å². The van der Waals surface area contributed by atoms with E-state index in [1.54, 1.807) is 0 Å². The van der Waals surface area contributed by atoms with Gasteiger partial charge in [0.05, 0.1) is 13.2 Å². The van der Waals surface area contributed by atoms with Crippen LogP contribution in [0.3, 0.4) is 0 Å². The van der Waals surface area contributed by atoms with Crippen molar-refractivity contribution in [3.05, 3.63) is 29.8 Å². The summed E-state index contributed by atoms with van der Waals surface area (Å²) in [5.74, 6) is 6.65. The van der Waals surface area contributed by atoms with Crippen LogP contribution in [0.5, 0.6) is 5.75 Å². The monoisotopic (exact) mass is 274 g/mol. The average Bonchev–Trinajstić information content (AvgIpc) is 2.93. The topological polar surface area (TPSA) is 58.7 Å². The molecule has 1 atom stereocenters. The summed E-state index contributed by atoms with van der Waals surface area (Å²) in [5, 5.41) is 9.26. The van der Waals surface area contributed by atoms with Gasteiger partial charge in [0.1, 0.15) is 12.4 Å². The number of nitrogens with two attached hydrogens (primary N) is 1. The Morgan fingerprint density at radius 1 is 1.45 bits per heavy atom. The van der Waals surface area contributed by atoms with Crippen molar-refractivity contribution in [3.8, 4) is 17.6 Å². The minimum Gasteiger partial charge on any atom is -0.492 e. The lowest BCUT2D eigenvalue weighted by molar-refractivity contribution is 0.139. The van der Waals surface area contributed by atoms with E-state index in [2.05, 4.69) is 16.7 Å². The molecular formula is C16H22N2O2. The Hall–Kier alpha value is -1.54. The molecule has 1 saturated heterocycles. The Morgan fingerprint density at radius 3 is 3.15 bits per heavy atom. The van der Waals surface area contributed by atoms with Crippen molar-refractivity contribution in [2.75, 3.05) is 32.8 Å². The molecule has 1 heterocycles. The number of benzene rings is 1. The summed E-state index contributed by atoms with van der Waals surface area (Å²) in [5.41, 5.74) is 6.28. The Kier molecular flexibility index (Phi) is 5.87. The average molecular weight is 274 g/mol. The Balaban J connectivity index is 1.82. The van der Waals surface area contributed by atoms with E-state index >= 15 is 0 Å². The molecule has 4 nitrogen and oxygen atoms in total. The SMILES string of the molecule is NCC#Cc1cccc(OCCN2CCCC2CO)c1. The largest absolute Gasteiger partial charge is 0.492 e. The zero-order chi connectivity index (χ0) is 14.2. The van der Waals surface area contributed by atoms with E-state index in [9.17, 15) is 5.11 Å². The Morgan fingerprint density at radius 2 is 2.35 bits per heavy atom. The highest BCUT2D eigenvalue weighted by Gasteiger charge is 2.22. The number of aliphatic hydroxyl groups excluding tert-OH is 1. The first-order valence-corrected chi connectivity index (χ1v) is 7.10. The van der Waals surface area contributed by atoms with E-state index in [0.29, 0.717) is 19.2 Å². The van der Waals surface area contributed by atoms with E-state index in [1.807, 2.05) is 24.3 Å². The van der Waals surface area contributed by atoms with Crippen LogP contribution >= 0.6 is 0 Å². The van der Waals surface area contributed by atoms with Crippen molar-refractivity contribution < 1.29 is 9.84 Å². The quantitative estimate of drug-likeness (QED) is 0.781. The third kappa shape index (κ3) is 4.24. The zero-order valence-corrected chi connectivity index (χ0v) is 11.7. The van der Waals surface area contributed by atoms with Gasteiger partial charge < -0.3 is 15.6 Å². The molecule has 0 aliphatic carbocycles. The van der Waals surface area contributed by atoms with Crippen LogP contribution in [-0.2, 0) is 0 Å². The highest BCUT2D eigenvalue weighted by atomic mass is 16.5. The minimum atomic E-state index is 0.240. The molecule has 1 aromatic carbocycles. The first kappa shape index (κ1) is 14.9. The van der Waals surface area contributed by atoms with E-state index in [1.165, 1.54) is 0 Å². The second-order valence-electron chi connectivity index (χ2n) is 4.90. The molecule has 108 valence electrons. The van der Waals surface area contributed by atoms with Gasteiger partial charge in [0.15, 0.2) is 0 Å². The molecule has 1 aromatic rings. The molecule has 20 heavy (non-hydrogen) atoms. The summed E-state index contributed by atoms with van der Waals surface area (Å²) < 4.78 is 5.76. The predicted octanol–water partition coefficient (Wildman–Crippen LogP) is 0.832. The highest BCUT2D eigenvalue weighted by Crippen LogP contribution is 2.17. The molecule has 1 fully saturated rings. The molecule has 1 aliphatic heterocycles. The number of ether oxygens (including phenoxy) is 1. The molecule has 3 N–H and O–H groups in total. The Bertz CT molecular complexity index is 479. The maximum Gasteiger partial charge on any atom is 0.120 e. The maximum absolute atomic E-state index is 9.26. The van der Waals surface area contributed by atoms with Gasteiger partial charge in [0, 0.05) is 18.2 Å². The summed E-state index contributed by atoms with van der Waals surface area (Å²) in [6.45, 7) is 3.14. The fourth-order valence-corrected chi connectivity index (χ4v) is 2.49. The van der Waals surface area contributed by atoms with E-state index in [-0.39, 0.29) is 6.61 Å². The van der Waals surface area contributed by atoms with Gasteiger partial charge in [-0.1, -0.05) is 17.9 Å². The molecule has 0 bridgehead atoms. The van der Waals surface area contributed by atoms with Crippen LogP contribution in [0.15, 0.2) is 24.3 Å². The Labute approximate surface area is 120 Å². The van der Waals surface area contributed by atoms with Gasteiger partial charge in [-0.05, 0) is 37.6 Å². The van der Waals surface area contributed by atoms with Crippen LogP contribution in [0.4, 0.5) is 0 Å². The number of hydrogen-bond acceptors (Lipinski definition) is 4. The molecule has 0 amide bonds. The molecule has 0 aromatic heterocycles.